The quantitative estimate of drug-likeness (QED) is 0.889. The maximum absolute atomic E-state index is 12.9. The second-order valence-corrected chi connectivity index (χ2v) is 4.68. The van der Waals surface area contributed by atoms with E-state index in [9.17, 15) is 19.1 Å². The van der Waals surface area contributed by atoms with Crippen molar-refractivity contribution in [2.24, 2.45) is 0 Å². The van der Waals surface area contributed by atoms with Crippen molar-refractivity contribution >= 4 is 11.8 Å². The Bertz CT molecular complexity index is 503. The Balaban J connectivity index is 2.96. The fraction of sp³-hybridized carbons (Fsp3) is 0.429. The van der Waals surface area contributed by atoms with Gasteiger partial charge in [-0.25, -0.2) is 4.39 Å². The predicted molar refractivity (Wildman–Crippen MR) is 73.0 cm³/mol. The molecule has 1 N–H and O–H groups in total. The lowest BCUT2D eigenvalue weighted by Gasteiger charge is -2.23. The van der Waals surface area contributed by atoms with Crippen molar-refractivity contribution in [2.45, 2.75) is 13.3 Å². The standard InChI is InChI=1S/C14H19FN2O3/c1-4-7-17(9-13(19)16(2)3)14(20)11-6-5-10(15)8-12(11)18/h5-6,8,18H,4,7,9H2,1-3H3. The van der Waals surface area contributed by atoms with E-state index in [1.54, 1.807) is 14.1 Å². The number of carbonyl (C=O) groups is 2. The second kappa shape index (κ2) is 6.88. The van der Waals surface area contributed by atoms with Crippen LogP contribution in [0.4, 0.5) is 4.39 Å². The zero-order valence-corrected chi connectivity index (χ0v) is 11.9. The fourth-order valence-corrected chi connectivity index (χ4v) is 1.68. The van der Waals surface area contributed by atoms with Crippen LogP contribution in [0.5, 0.6) is 5.75 Å². The molecule has 0 unspecified atom stereocenters. The van der Waals surface area contributed by atoms with Gasteiger partial charge in [-0.15, -0.1) is 0 Å². The molecule has 0 spiro atoms. The maximum Gasteiger partial charge on any atom is 0.258 e. The predicted octanol–water partition coefficient (Wildman–Crippen LogP) is 1.47. The monoisotopic (exact) mass is 282 g/mol. The molecule has 0 aliphatic heterocycles. The molecule has 0 bridgehead atoms. The molecule has 0 heterocycles. The van der Waals surface area contributed by atoms with Crippen molar-refractivity contribution in [1.29, 1.82) is 0 Å². The Labute approximate surface area is 117 Å². The first kappa shape index (κ1) is 15.9. The number of aromatic hydroxyl groups is 1. The number of benzene rings is 1. The van der Waals surface area contributed by atoms with Gasteiger partial charge in [0, 0.05) is 26.7 Å². The number of hydrogen-bond donors (Lipinski definition) is 1. The molecule has 0 fully saturated rings. The third-order valence-corrected chi connectivity index (χ3v) is 2.80. The minimum atomic E-state index is -0.620. The molecular formula is C14H19FN2O3. The molecule has 0 saturated carbocycles. The van der Waals surface area contributed by atoms with Crippen LogP contribution in [-0.2, 0) is 4.79 Å². The lowest BCUT2D eigenvalue weighted by molar-refractivity contribution is -0.129. The highest BCUT2D eigenvalue weighted by Gasteiger charge is 2.21. The molecule has 0 saturated heterocycles. The van der Waals surface area contributed by atoms with Gasteiger partial charge in [-0.05, 0) is 18.6 Å². The van der Waals surface area contributed by atoms with Crippen LogP contribution < -0.4 is 0 Å². The van der Waals surface area contributed by atoms with E-state index in [0.29, 0.717) is 13.0 Å². The molecule has 110 valence electrons. The maximum atomic E-state index is 12.9. The van der Waals surface area contributed by atoms with Gasteiger partial charge in [-0.2, -0.15) is 0 Å². The molecule has 0 atom stereocenters. The van der Waals surface area contributed by atoms with E-state index in [-0.39, 0.29) is 18.0 Å². The van der Waals surface area contributed by atoms with Gasteiger partial charge in [-0.1, -0.05) is 6.92 Å². The average molecular weight is 282 g/mol. The highest BCUT2D eigenvalue weighted by atomic mass is 19.1. The van der Waals surface area contributed by atoms with E-state index in [1.807, 2.05) is 6.92 Å². The van der Waals surface area contributed by atoms with Crippen LogP contribution in [0.3, 0.4) is 0 Å². The third-order valence-electron chi connectivity index (χ3n) is 2.80. The largest absolute Gasteiger partial charge is 0.507 e. The van der Waals surface area contributed by atoms with Gasteiger partial charge in [-0.3, -0.25) is 9.59 Å². The summed E-state index contributed by atoms with van der Waals surface area (Å²) >= 11 is 0. The highest BCUT2D eigenvalue weighted by Crippen LogP contribution is 2.20. The molecule has 0 aromatic heterocycles. The van der Waals surface area contributed by atoms with Crippen molar-refractivity contribution in [3.05, 3.63) is 29.6 Å². The van der Waals surface area contributed by atoms with Crippen molar-refractivity contribution in [2.75, 3.05) is 27.2 Å². The molecule has 0 radical (unpaired) electrons. The van der Waals surface area contributed by atoms with Gasteiger partial charge in [0.1, 0.15) is 18.1 Å². The van der Waals surface area contributed by atoms with E-state index < -0.39 is 17.5 Å². The molecule has 20 heavy (non-hydrogen) atoms. The SMILES string of the molecule is CCCN(CC(=O)N(C)C)C(=O)c1ccc(F)cc1O. The van der Waals surface area contributed by atoms with Crippen molar-refractivity contribution in [3.8, 4) is 5.75 Å². The van der Waals surface area contributed by atoms with Crippen LogP contribution in [0.2, 0.25) is 0 Å². The van der Waals surface area contributed by atoms with Crippen LogP contribution in [-0.4, -0.2) is 53.9 Å². The third kappa shape index (κ3) is 3.94. The van der Waals surface area contributed by atoms with Crippen molar-refractivity contribution in [1.82, 2.24) is 9.80 Å². The van der Waals surface area contributed by atoms with Crippen molar-refractivity contribution < 1.29 is 19.1 Å². The molecule has 1 rings (SSSR count). The molecule has 1 aromatic rings. The van der Waals surface area contributed by atoms with E-state index >= 15 is 0 Å². The summed E-state index contributed by atoms with van der Waals surface area (Å²) in [5.74, 6) is -1.74. The van der Waals surface area contributed by atoms with E-state index in [4.69, 9.17) is 0 Å². The lowest BCUT2D eigenvalue weighted by atomic mass is 10.1. The number of phenolic OH excluding ortho intramolecular Hbond substituents is 1. The molecule has 0 aliphatic rings. The first-order valence-electron chi connectivity index (χ1n) is 6.34. The van der Waals surface area contributed by atoms with Gasteiger partial charge in [0.05, 0.1) is 5.56 Å². The summed E-state index contributed by atoms with van der Waals surface area (Å²) in [5, 5.41) is 9.64. The number of rotatable bonds is 5. The number of amides is 2. The van der Waals surface area contributed by atoms with Gasteiger partial charge in [0.25, 0.3) is 5.91 Å². The first-order valence-corrected chi connectivity index (χ1v) is 6.34. The fourth-order valence-electron chi connectivity index (χ4n) is 1.68. The summed E-state index contributed by atoms with van der Waals surface area (Å²) < 4.78 is 12.9. The topological polar surface area (TPSA) is 60.9 Å². The van der Waals surface area contributed by atoms with Crippen LogP contribution in [0, 0.1) is 5.82 Å². The van der Waals surface area contributed by atoms with Crippen LogP contribution in [0.15, 0.2) is 18.2 Å². The molecule has 5 nitrogen and oxygen atoms in total. The molecule has 6 heteroatoms. The Hall–Kier alpha value is -2.11. The Morgan fingerprint density at radius 1 is 1.30 bits per heavy atom. The average Bonchev–Trinajstić information content (AvgIpc) is 2.37. The minimum Gasteiger partial charge on any atom is -0.507 e. The molecular weight excluding hydrogens is 263 g/mol. The summed E-state index contributed by atoms with van der Waals surface area (Å²) in [6.45, 7) is 2.19. The summed E-state index contributed by atoms with van der Waals surface area (Å²) in [4.78, 5) is 26.7. The smallest absolute Gasteiger partial charge is 0.258 e. The molecule has 1 aromatic carbocycles. The number of halogens is 1. The number of phenols is 1. The van der Waals surface area contributed by atoms with Gasteiger partial charge in [0.2, 0.25) is 5.91 Å². The Morgan fingerprint density at radius 2 is 1.95 bits per heavy atom. The highest BCUT2D eigenvalue weighted by molar-refractivity contribution is 5.98. The molecule has 2 amide bonds. The summed E-state index contributed by atoms with van der Waals surface area (Å²) in [6, 6.07) is 3.20. The van der Waals surface area contributed by atoms with Crippen LogP contribution in [0.1, 0.15) is 23.7 Å². The van der Waals surface area contributed by atoms with Crippen LogP contribution in [0.25, 0.3) is 0 Å². The number of carbonyl (C=O) groups excluding carboxylic acids is 2. The zero-order chi connectivity index (χ0) is 15.3. The van der Waals surface area contributed by atoms with Crippen LogP contribution >= 0.6 is 0 Å². The summed E-state index contributed by atoms with van der Waals surface area (Å²) in [6.07, 6.45) is 0.675. The van der Waals surface area contributed by atoms with Gasteiger partial charge in [0.15, 0.2) is 0 Å². The minimum absolute atomic E-state index is 0.00796. The lowest BCUT2D eigenvalue weighted by Crippen LogP contribution is -2.40. The second-order valence-electron chi connectivity index (χ2n) is 4.68. The normalized spacial score (nSPS) is 10.2. The zero-order valence-electron chi connectivity index (χ0n) is 11.9. The van der Waals surface area contributed by atoms with E-state index in [0.717, 1.165) is 12.1 Å². The molecule has 0 aliphatic carbocycles. The number of nitrogens with zero attached hydrogens (tertiary/aromatic N) is 2. The first-order chi connectivity index (χ1) is 9.36. The van der Waals surface area contributed by atoms with E-state index in [1.165, 1.54) is 15.9 Å². The summed E-state index contributed by atoms with van der Waals surface area (Å²) in [7, 11) is 3.21. The number of likely N-dealkylation sites (N-methyl/N-ethyl adjacent to an activating group) is 1. The Kier molecular flexibility index (Phi) is 5.49. The number of hydrogen-bond acceptors (Lipinski definition) is 3. The summed E-state index contributed by atoms with van der Waals surface area (Å²) in [5.41, 5.74) is -0.00796. The Morgan fingerprint density at radius 3 is 2.45 bits per heavy atom. The van der Waals surface area contributed by atoms with Crippen molar-refractivity contribution in [3.63, 3.8) is 0 Å². The van der Waals surface area contributed by atoms with Gasteiger partial charge < -0.3 is 14.9 Å². The van der Waals surface area contributed by atoms with E-state index in [2.05, 4.69) is 0 Å². The van der Waals surface area contributed by atoms with Gasteiger partial charge >= 0.3 is 0 Å².